The average Bonchev–Trinajstić information content (AvgIpc) is 2.40. The van der Waals surface area contributed by atoms with E-state index >= 15 is 0 Å². The highest BCUT2D eigenvalue weighted by atomic mass is 35.5. The van der Waals surface area contributed by atoms with Gasteiger partial charge >= 0.3 is 0 Å². The van der Waals surface area contributed by atoms with E-state index < -0.39 is 5.60 Å². The number of carbonyl (C=O) groups excluding carboxylic acids is 1. The summed E-state index contributed by atoms with van der Waals surface area (Å²) in [6, 6.07) is 6.69. The largest absolute Gasteiger partial charge is 0.369 e. The Bertz CT molecular complexity index is 490. The quantitative estimate of drug-likeness (QED) is 0.911. The first-order chi connectivity index (χ1) is 8.46. The van der Waals surface area contributed by atoms with Gasteiger partial charge < -0.3 is 10.1 Å². The summed E-state index contributed by atoms with van der Waals surface area (Å²) >= 11 is 5.97. The normalized spacial score (nSPS) is 13.5. The minimum absolute atomic E-state index is 0.288. The van der Waals surface area contributed by atoms with Gasteiger partial charge in [-0.05, 0) is 31.5 Å². The van der Waals surface area contributed by atoms with Crippen molar-refractivity contribution in [1.82, 2.24) is 0 Å². The molecule has 0 aliphatic rings. The van der Waals surface area contributed by atoms with E-state index in [2.05, 4.69) is 5.32 Å². The number of halogens is 1. The Morgan fingerprint density at radius 1 is 1.61 bits per heavy atom. The first-order valence-corrected chi connectivity index (χ1v) is 5.91. The van der Waals surface area contributed by atoms with E-state index in [0.29, 0.717) is 22.7 Å². The van der Waals surface area contributed by atoms with Crippen molar-refractivity contribution in [3.63, 3.8) is 0 Å². The third-order valence-electron chi connectivity index (χ3n) is 2.95. The van der Waals surface area contributed by atoms with Gasteiger partial charge in [0.2, 0.25) is 0 Å². The molecule has 0 saturated heterocycles. The molecular formula is C13H15ClN2O2. The van der Waals surface area contributed by atoms with Gasteiger partial charge in [-0.25, -0.2) is 0 Å². The summed E-state index contributed by atoms with van der Waals surface area (Å²) in [5.41, 5.74) is -0.0610. The maximum Gasteiger partial charge on any atom is 0.256 e. The van der Waals surface area contributed by atoms with Gasteiger partial charge in [-0.2, -0.15) is 5.26 Å². The smallest absolute Gasteiger partial charge is 0.256 e. The van der Waals surface area contributed by atoms with Gasteiger partial charge in [0.15, 0.2) is 0 Å². The topological polar surface area (TPSA) is 62.1 Å². The molecule has 0 spiro atoms. The number of nitriles is 1. The van der Waals surface area contributed by atoms with Crippen LogP contribution < -0.4 is 5.32 Å². The Balaban J connectivity index is 2.98. The number of hydrogen-bond acceptors (Lipinski definition) is 3. The molecule has 1 rings (SSSR count). The molecule has 1 aromatic rings. The molecule has 0 saturated carbocycles. The highest BCUT2D eigenvalue weighted by molar-refractivity contribution is 6.33. The second-order valence-electron chi connectivity index (χ2n) is 4.05. The lowest BCUT2D eigenvalue weighted by Gasteiger charge is -2.25. The number of nitrogens with zero attached hydrogens (tertiary/aromatic N) is 1. The zero-order chi connectivity index (χ0) is 13.8. The highest BCUT2D eigenvalue weighted by Gasteiger charge is 2.31. The predicted octanol–water partition coefficient (Wildman–Crippen LogP) is 2.97. The fourth-order valence-electron chi connectivity index (χ4n) is 1.34. The molecule has 0 fully saturated rings. The van der Waals surface area contributed by atoms with E-state index in [9.17, 15) is 4.79 Å². The van der Waals surface area contributed by atoms with Crippen molar-refractivity contribution in [2.75, 3.05) is 12.4 Å². The average molecular weight is 267 g/mol. The van der Waals surface area contributed by atoms with Gasteiger partial charge in [0.1, 0.15) is 5.60 Å². The molecule has 1 amide bonds. The van der Waals surface area contributed by atoms with Crippen LogP contribution in [-0.4, -0.2) is 18.6 Å². The van der Waals surface area contributed by atoms with Crippen molar-refractivity contribution in [2.24, 2.45) is 0 Å². The van der Waals surface area contributed by atoms with Crippen molar-refractivity contribution in [3.05, 3.63) is 28.8 Å². The van der Waals surface area contributed by atoms with Gasteiger partial charge in [0.05, 0.1) is 22.3 Å². The van der Waals surface area contributed by atoms with E-state index in [4.69, 9.17) is 21.6 Å². The molecule has 1 atom stereocenters. The molecule has 1 aromatic carbocycles. The van der Waals surface area contributed by atoms with E-state index in [1.54, 1.807) is 19.1 Å². The summed E-state index contributed by atoms with van der Waals surface area (Å²) in [7, 11) is 1.48. The Labute approximate surface area is 112 Å². The van der Waals surface area contributed by atoms with Crippen LogP contribution in [0.3, 0.4) is 0 Å². The molecule has 0 bridgehead atoms. The molecule has 0 heterocycles. The Morgan fingerprint density at radius 2 is 2.28 bits per heavy atom. The second kappa shape index (κ2) is 5.85. The van der Waals surface area contributed by atoms with Gasteiger partial charge in [-0.15, -0.1) is 0 Å². The lowest BCUT2D eigenvalue weighted by atomic mass is 10.0. The predicted molar refractivity (Wildman–Crippen MR) is 70.5 cm³/mol. The second-order valence-corrected chi connectivity index (χ2v) is 4.46. The Morgan fingerprint density at radius 3 is 2.78 bits per heavy atom. The van der Waals surface area contributed by atoms with E-state index in [-0.39, 0.29) is 5.91 Å². The summed E-state index contributed by atoms with van der Waals surface area (Å²) in [5, 5.41) is 11.9. The van der Waals surface area contributed by atoms with Crippen LogP contribution in [0.25, 0.3) is 0 Å². The summed E-state index contributed by atoms with van der Waals surface area (Å²) in [4.78, 5) is 12.1. The summed E-state index contributed by atoms with van der Waals surface area (Å²) in [6.07, 6.45) is 0.533. The number of amides is 1. The molecule has 0 aliphatic carbocycles. The molecule has 5 heteroatoms. The zero-order valence-corrected chi connectivity index (χ0v) is 11.3. The van der Waals surface area contributed by atoms with Crippen LogP contribution in [0.1, 0.15) is 25.8 Å². The van der Waals surface area contributed by atoms with Crippen molar-refractivity contribution in [3.8, 4) is 6.07 Å². The maximum atomic E-state index is 12.1. The first kappa shape index (κ1) is 14.5. The summed E-state index contributed by atoms with van der Waals surface area (Å²) in [6.45, 7) is 3.56. The lowest BCUT2D eigenvalue weighted by molar-refractivity contribution is -0.136. The molecule has 4 nitrogen and oxygen atoms in total. The number of carbonyl (C=O) groups is 1. The van der Waals surface area contributed by atoms with Crippen LogP contribution in [0.2, 0.25) is 5.02 Å². The van der Waals surface area contributed by atoms with Crippen LogP contribution in [0.15, 0.2) is 18.2 Å². The first-order valence-electron chi connectivity index (χ1n) is 5.53. The molecule has 0 radical (unpaired) electrons. The van der Waals surface area contributed by atoms with Crippen LogP contribution in [0, 0.1) is 11.3 Å². The molecule has 18 heavy (non-hydrogen) atoms. The van der Waals surface area contributed by atoms with Crippen LogP contribution in [-0.2, 0) is 9.53 Å². The standard InChI is InChI=1S/C13H15ClN2O2/c1-4-13(2,18-3)12(17)16-11-7-9(8-15)5-6-10(11)14/h5-7H,4H2,1-3H3,(H,16,17). The monoisotopic (exact) mass is 266 g/mol. The van der Waals surface area contributed by atoms with Gasteiger partial charge in [-0.1, -0.05) is 18.5 Å². The fourth-order valence-corrected chi connectivity index (χ4v) is 1.51. The van der Waals surface area contributed by atoms with Crippen molar-refractivity contribution < 1.29 is 9.53 Å². The number of ether oxygens (including phenoxy) is 1. The van der Waals surface area contributed by atoms with Crippen LogP contribution in [0.5, 0.6) is 0 Å². The van der Waals surface area contributed by atoms with Crippen LogP contribution in [0.4, 0.5) is 5.69 Å². The number of anilines is 1. The fraction of sp³-hybridized carbons (Fsp3) is 0.385. The number of methoxy groups -OCH3 is 1. The van der Waals surface area contributed by atoms with E-state index in [1.807, 2.05) is 13.0 Å². The summed E-state index contributed by atoms with van der Waals surface area (Å²) in [5.74, 6) is -0.288. The minimum Gasteiger partial charge on any atom is -0.369 e. The lowest BCUT2D eigenvalue weighted by Crippen LogP contribution is -2.41. The molecule has 1 unspecified atom stereocenters. The third-order valence-corrected chi connectivity index (χ3v) is 3.28. The Kier molecular flexibility index (Phi) is 4.71. The molecule has 0 aromatic heterocycles. The maximum absolute atomic E-state index is 12.1. The molecule has 0 aliphatic heterocycles. The number of rotatable bonds is 4. The highest BCUT2D eigenvalue weighted by Crippen LogP contribution is 2.25. The number of benzene rings is 1. The summed E-state index contributed by atoms with van der Waals surface area (Å²) < 4.78 is 5.20. The molecule has 1 N–H and O–H groups in total. The zero-order valence-electron chi connectivity index (χ0n) is 10.6. The molecule has 96 valence electrons. The van der Waals surface area contributed by atoms with Crippen molar-refractivity contribution >= 4 is 23.2 Å². The van der Waals surface area contributed by atoms with Crippen molar-refractivity contribution in [2.45, 2.75) is 25.9 Å². The van der Waals surface area contributed by atoms with Crippen molar-refractivity contribution in [1.29, 1.82) is 5.26 Å². The van der Waals surface area contributed by atoms with Gasteiger partial charge in [0.25, 0.3) is 5.91 Å². The van der Waals surface area contributed by atoms with Gasteiger partial charge in [-0.3, -0.25) is 4.79 Å². The van der Waals surface area contributed by atoms with E-state index in [1.165, 1.54) is 13.2 Å². The van der Waals surface area contributed by atoms with E-state index in [0.717, 1.165) is 0 Å². The number of nitrogens with one attached hydrogen (secondary N) is 1. The number of hydrogen-bond donors (Lipinski definition) is 1. The van der Waals surface area contributed by atoms with Gasteiger partial charge in [0, 0.05) is 7.11 Å². The third kappa shape index (κ3) is 3.00. The minimum atomic E-state index is -0.911. The Hall–Kier alpha value is -1.57. The molecular weight excluding hydrogens is 252 g/mol. The van der Waals surface area contributed by atoms with Crippen LogP contribution >= 0.6 is 11.6 Å². The SMILES string of the molecule is CCC(C)(OC)C(=O)Nc1cc(C#N)ccc1Cl.